The average Bonchev–Trinajstić information content (AvgIpc) is 3.26. The van der Waals surface area contributed by atoms with E-state index in [9.17, 15) is 9.59 Å². The fraction of sp³-hybridized carbons (Fsp3) is 0.765. The van der Waals surface area contributed by atoms with Crippen LogP contribution in [0, 0.1) is 5.92 Å². The van der Waals surface area contributed by atoms with Gasteiger partial charge in [-0.1, -0.05) is 12.2 Å². The fourth-order valence-corrected chi connectivity index (χ4v) is 3.57. The number of hydrogen-bond donors (Lipinski definition) is 0. The van der Waals surface area contributed by atoms with Crippen LogP contribution in [0.25, 0.3) is 0 Å². The van der Waals surface area contributed by atoms with Gasteiger partial charge < -0.3 is 14.5 Å². The van der Waals surface area contributed by atoms with Crippen LogP contribution in [0.4, 0.5) is 0 Å². The molecule has 1 unspecified atom stereocenters. The molecule has 2 heterocycles. The lowest BCUT2D eigenvalue weighted by Gasteiger charge is -2.29. The van der Waals surface area contributed by atoms with E-state index in [-0.39, 0.29) is 30.4 Å². The zero-order valence-electron chi connectivity index (χ0n) is 13.2. The molecule has 0 aromatic rings. The van der Waals surface area contributed by atoms with Crippen molar-refractivity contribution in [2.24, 2.45) is 5.92 Å². The van der Waals surface area contributed by atoms with E-state index in [1.165, 1.54) is 0 Å². The largest absolute Gasteiger partial charge is 0.376 e. The minimum absolute atomic E-state index is 0.0211. The third-order valence-corrected chi connectivity index (χ3v) is 4.90. The van der Waals surface area contributed by atoms with Gasteiger partial charge in [0, 0.05) is 32.2 Å². The van der Waals surface area contributed by atoms with E-state index < -0.39 is 0 Å². The number of amides is 2. The maximum Gasteiger partial charge on any atom is 0.242 e. The summed E-state index contributed by atoms with van der Waals surface area (Å²) in [5.74, 6) is 0.232. The second-order valence-electron chi connectivity index (χ2n) is 6.58. The predicted octanol–water partition coefficient (Wildman–Crippen LogP) is 1.58. The summed E-state index contributed by atoms with van der Waals surface area (Å²) in [6.07, 6.45) is 10.0. The van der Waals surface area contributed by atoms with Gasteiger partial charge in [0.25, 0.3) is 0 Å². The molecule has 0 spiro atoms. The van der Waals surface area contributed by atoms with Crippen molar-refractivity contribution in [3.63, 3.8) is 0 Å². The van der Waals surface area contributed by atoms with Crippen molar-refractivity contribution < 1.29 is 14.3 Å². The minimum atomic E-state index is 0.0211. The quantitative estimate of drug-likeness (QED) is 0.725. The van der Waals surface area contributed by atoms with Crippen molar-refractivity contribution in [2.75, 3.05) is 32.8 Å². The van der Waals surface area contributed by atoms with Crippen molar-refractivity contribution in [1.82, 2.24) is 9.80 Å². The molecular weight excluding hydrogens is 280 g/mol. The SMILES string of the molecule is O=C(CN(CC1CCCO1)C(=O)C1CC=CC1)N1CCCC1. The van der Waals surface area contributed by atoms with Crippen LogP contribution >= 0.6 is 0 Å². The number of likely N-dealkylation sites (tertiary alicyclic amines) is 1. The monoisotopic (exact) mass is 306 g/mol. The Kier molecular flexibility index (Phi) is 5.13. The van der Waals surface area contributed by atoms with E-state index in [4.69, 9.17) is 4.74 Å². The zero-order valence-corrected chi connectivity index (χ0v) is 13.2. The lowest BCUT2D eigenvalue weighted by atomic mass is 10.1. The number of carbonyl (C=O) groups is 2. The molecule has 0 radical (unpaired) electrons. The highest BCUT2D eigenvalue weighted by Gasteiger charge is 2.31. The molecule has 3 rings (SSSR count). The standard InChI is InChI=1S/C17H26N2O3/c20-16(18-9-3-4-10-18)13-19(12-15-8-5-11-22-15)17(21)14-6-1-2-7-14/h1-2,14-15H,3-13H2. The molecule has 0 saturated carbocycles. The van der Waals surface area contributed by atoms with Gasteiger partial charge in [-0.2, -0.15) is 0 Å². The summed E-state index contributed by atoms with van der Waals surface area (Å²) in [7, 11) is 0. The minimum Gasteiger partial charge on any atom is -0.376 e. The molecule has 0 aromatic heterocycles. The van der Waals surface area contributed by atoms with E-state index in [0.717, 1.165) is 58.2 Å². The predicted molar refractivity (Wildman–Crippen MR) is 83.2 cm³/mol. The van der Waals surface area contributed by atoms with Crippen LogP contribution in [-0.2, 0) is 14.3 Å². The van der Waals surface area contributed by atoms with E-state index in [0.29, 0.717) is 6.54 Å². The molecule has 3 aliphatic rings. The van der Waals surface area contributed by atoms with Crippen molar-refractivity contribution in [3.05, 3.63) is 12.2 Å². The molecule has 5 nitrogen and oxygen atoms in total. The molecule has 1 aliphatic carbocycles. The van der Waals surface area contributed by atoms with Crippen LogP contribution in [0.15, 0.2) is 12.2 Å². The van der Waals surface area contributed by atoms with Crippen LogP contribution in [0.3, 0.4) is 0 Å². The molecular formula is C17H26N2O3. The number of carbonyl (C=O) groups excluding carboxylic acids is 2. The second-order valence-corrected chi connectivity index (χ2v) is 6.58. The van der Waals surface area contributed by atoms with Gasteiger partial charge in [-0.15, -0.1) is 0 Å². The Morgan fingerprint density at radius 2 is 1.86 bits per heavy atom. The Bertz CT molecular complexity index is 429. The Hall–Kier alpha value is -1.36. The van der Waals surface area contributed by atoms with Gasteiger partial charge in [-0.25, -0.2) is 0 Å². The van der Waals surface area contributed by atoms with Gasteiger partial charge in [-0.05, 0) is 38.5 Å². The summed E-state index contributed by atoms with van der Waals surface area (Å²) < 4.78 is 5.67. The van der Waals surface area contributed by atoms with Crippen LogP contribution in [0.5, 0.6) is 0 Å². The van der Waals surface area contributed by atoms with Gasteiger partial charge in [0.15, 0.2) is 0 Å². The third-order valence-electron chi connectivity index (χ3n) is 4.90. The van der Waals surface area contributed by atoms with Crippen LogP contribution < -0.4 is 0 Å². The lowest BCUT2D eigenvalue weighted by Crippen LogP contribution is -2.46. The van der Waals surface area contributed by atoms with Crippen LogP contribution in [0.1, 0.15) is 38.5 Å². The first-order valence-corrected chi connectivity index (χ1v) is 8.57. The first kappa shape index (κ1) is 15.5. The molecule has 2 amide bonds. The van der Waals surface area contributed by atoms with Crippen LogP contribution in [0.2, 0.25) is 0 Å². The summed E-state index contributed by atoms with van der Waals surface area (Å²) in [6, 6.07) is 0. The Labute approximate surface area is 132 Å². The first-order chi connectivity index (χ1) is 10.7. The Morgan fingerprint density at radius 3 is 2.50 bits per heavy atom. The molecule has 5 heteroatoms. The Morgan fingerprint density at radius 1 is 1.14 bits per heavy atom. The van der Waals surface area contributed by atoms with Gasteiger partial charge in [0.1, 0.15) is 0 Å². The molecule has 1 atom stereocenters. The van der Waals surface area contributed by atoms with Gasteiger partial charge in [0.2, 0.25) is 11.8 Å². The zero-order chi connectivity index (χ0) is 15.4. The average molecular weight is 306 g/mol. The molecule has 22 heavy (non-hydrogen) atoms. The number of ether oxygens (including phenoxy) is 1. The normalized spacial score (nSPS) is 25.1. The van der Waals surface area contributed by atoms with E-state index in [1.54, 1.807) is 4.90 Å². The van der Waals surface area contributed by atoms with E-state index in [1.807, 2.05) is 4.90 Å². The van der Waals surface area contributed by atoms with Crippen molar-refractivity contribution in [3.8, 4) is 0 Å². The molecule has 2 fully saturated rings. The second kappa shape index (κ2) is 7.27. The summed E-state index contributed by atoms with van der Waals surface area (Å²) in [5, 5.41) is 0. The summed E-state index contributed by atoms with van der Waals surface area (Å²) in [6.45, 7) is 3.24. The highest BCUT2D eigenvalue weighted by atomic mass is 16.5. The molecule has 0 aromatic carbocycles. The maximum absolute atomic E-state index is 12.7. The smallest absolute Gasteiger partial charge is 0.242 e. The van der Waals surface area contributed by atoms with Crippen LogP contribution in [-0.4, -0.2) is 60.5 Å². The first-order valence-electron chi connectivity index (χ1n) is 8.57. The summed E-state index contributed by atoms with van der Waals surface area (Å²) >= 11 is 0. The number of rotatable bonds is 5. The van der Waals surface area contributed by atoms with Crippen molar-refractivity contribution >= 4 is 11.8 Å². The number of nitrogens with zero attached hydrogens (tertiary/aromatic N) is 2. The summed E-state index contributed by atoms with van der Waals surface area (Å²) in [5.41, 5.74) is 0. The number of hydrogen-bond acceptors (Lipinski definition) is 3. The number of allylic oxidation sites excluding steroid dienone is 2. The lowest BCUT2D eigenvalue weighted by molar-refractivity contribution is -0.143. The Balaban J connectivity index is 1.61. The van der Waals surface area contributed by atoms with E-state index in [2.05, 4.69) is 12.2 Å². The molecule has 2 aliphatic heterocycles. The van der Waals surface area contributed by atoms with Crippen molar-refractivity contribution in [1.29, 1.82) is 0 Å². The topological polar surface area (TPSA) is 49.9 Å². The molecule has 0 N–H and O–H groups in total. The molecule has 122 valence electrons. The molecule has 0 bridgehead atoms. The highest BCUT2D eigenvalue weighted by molar-refractivity contribution is 5.86. The summed E-state index contributed by atoms with van der Waals surface area (Å²) in [4.78, 5) is 28.8. The fourth-order valence-electron chi connectivity index (χ4n) is 3.57. The maximum atomic E-state index is 12.7. The van der Waals surface area contributed by atoms with Gasteiger partial charge >= 0.3 is 0 Å². The molecule has 2 saturated heterocycles. The van der Waals surface area contributed by atoms with Gasteiger partial charge in [-0.3, -0.25) is 9.59 Å². The highest BCUT2D eigenvalue weighted by Crippen LogP contribution is 2.22. The third kappa shape index (κ3) is 3.69. The van der Waals surface area contributed by atoms with Gasteiger partial charge in [0.05, 0.1) is 12.6 Å². The van der Waals surface area contributed by atoms with E-state index >= 15 is 0 Å². The van der Waals surface area contributed by atoms with Crippen molar-refractivity contribution in [2.45, 2.75) is 44.6 Å².